The van der Waals surface area contributed by atoms with E-state index >= 15 is 0 Å². The summed E-state index contributed by atoms with van der Waals surface area (Å²) >= 11 is 0. The molecule has 0 radical (unpaired) electrons. The monoisotopic (exact) mass is 586 g/mol. The Morgan fingerprint density at radius 3 is 1.61 bits per heavy atom. The van der Waals surface area contributed by atoms with Crippen LogP contribution in [0.5, 0.6) is 0 Å². The first-order chi connectivity index (χ1) is 22.8. The Hall–Kier alpha value is -6.26. The average molecular weight is 587 g/mol. The average Bonchev–Trinajstić information content (AvgIpc) is 3.15. The Morgan fingerprint density at radius 1 is 0.348 bits per heavy atom. The Balaban J connectivity index is 1.26. The number of para-hydroxylation sites is 1. The largest absolute Gasteiger partial charge is 0.256 e. The fraction of sp³-hybridized carbons (Fsp3) is 0. The number of fused-ring (bicyclic) bond motifs is 8. The number of benzene rings is 5. The topological polar surface area (TPSA) is 51.6 Å². The maximum absolute atomic E-state index is 5.30. The molecule has 9 rings (SSSR count). The third-order valence-electron chi connectivity index (χ3n) is 8.77. The zero-order valence-electron chi connectivity index (χ0n) is 24.8. The molecule has 0 fully saturated rings. The number of nitrogens with zero attached hydrogens (tertiary/aromatic N) is 4. The van der Waals surface area contributed by atoms with Crippen molar-refractivity contribution in [2.75, 3.05) is 0 Å². The summed E-state index contributed by atoms with van der Waals surface area (Å²) in [5, 5.41) is 6.90. The molecule has 0 unspecified atom stereocenters. The highest BCUT2D eigenvalue weighted by molar-refractivity contribution is 6.32. The SMILES string of the molecule is c1ccc(-c2cc(-c3ccc(-c4nc5ccccc5c5c6cccnc6c6ccccc6c45)cc3)cc(-c3ccccn3)c2)nc1. The molecule has 0 bridgehead atoms. The van der Waals surface area contributed by atoms with Crippen molar-refractivity contribution in [3.63, 3.8) is 0 Å². The van der Waals surface area contributed by atoms with E-state index in [-0.39, 0.29) is 0 Å². The molecule has 46 heavy (non-hydrogen) atoms. The first kappa shape index (κ1) is 26.2. The highest BCUT2D eigenvalue weighted by Gasteiger charge is 2.18. The molecule has 4 heteroatoms. The van der Waals surface area contributed by atoms with Crippen LogP contribution in [-0.4, -0.2) is 19.9 Å². The van der Waals surface area contributed by atoms with Gasteiger partial charge in [0.05, 0.1) is 28.1 Å². The maximum Gasteiger partial charge on any atom is 0.0794 e. The molecule has 0 N–H and O–H groups in total. The van der Waals surface area contributed by atoms with Gasteiger partial charge in [-0.15, -0.1) is 0 Å². The number of pyridine rings is 4. The van der Waals surface area contributed by atoms with E-state index in [2.05, 4.69) is 107 Å². The molecule has 4 nitrogen and oxygen atoms in total. The zero-order chi connectivity index (χ0) is 30.5. The lowest BCUT2D eigenvalue weighted by Crippen LogP contribution is -1.94. The van der Waals surface area contributed by atoms with Crippen LogP contribution in [0.25, 0.3) is 88.2 Å². The molecule has 0 aliphatic carbocycles. The van der Waals surface area contributed by atoms with E-state index in [1.807, 2.05) is 61.1 Å². The molecule has 0 aliphatic rings. The summed E-state index contributed by atoms with van der Waals surface area (Å²) in [7, 11) is 0. The van der Waals surface area contributed by atoms with E-state index in [4.69, 9.17) is 9.97 Å². The molecule has 0 amide bonds. The van der Waals surface area contributed by atoms with Gasteiger partial charge in [0, 0.05) is 62.2 Å². The van der Waals surface area contributed by atoms with Gasteiger partial charge in [-0.05, 0) is 71.1 Å². The minimum atomic E-state index is 0.929. The molecule has 5 aromatic carbocycles. The van der Waals surface area contributed by atoms with Crippen LogP contribution >= 0.6 is 0 Å². The van der Waals surface area contributed by atoms with Gasteiger partial charge >= 0.3 is 0 Å². The summed E-state index contributed by atoms with van der Waals surface area (Å²) < 4.78 is 0. The highest BCUT2D eigenvalue weighted by Crippen LogP contribution is 2.42. The van der Waals surface area contributed by atoms with Gasteiger partial charge in [-0.25, -0.2) is 4.98 Å². The van der Waals surface area contributed by atoms with E-state index in [1.54, 1.807) is 0 Å². The fourth-order valence-corrected chi connectivity index (χ4v) is 6.67. The van der Waals surface area contributed by atoms with Gasteiger partial charge in [-0.2, -0.15) is 0 Å². The van der Waals surface area contributed by atoms with Crippen molar-refractivity contribution >= 4 is 43.4 Å². The van der Waals surface area contributed by atoms with Crippen molar-refractivity contribution in [1.82, 2.24) is 19.9 Å². The van der Waals surface area contributed by atoms with Crippen LogP contribution in [0.3, 0.4) is 0 Å². The summed E-state index contributed by atoms with van der Waals surface area (Å²) in [6.45, 7) is 0. The summed E-state index contributed by atoms with van der Waals surface area (Å²) in [6.07, 6.45) is 5.55. The molecular formula is C42H26N4. The molecule has 0 spiro atoms. The van der Waals surface area contributed by atoms with Gasteiger partial charge in [0.25, 0.3) is 0 Å². The predicted molar refractivity (Wildman–Crippen MR) is 189 cm³/mol. The predicted octanol–water partition coefficient (Wildman–Crippen LogP) is 10.5. The van der Waals surface area contributed by atoms with Gasteiger partial charge in [0.1, 0.15) is 0 Å². The first-order valence-electron chi connectivity index (χ1n) is 15.4. The normalized spacial score (nSPS) is 11.5. The fourth-order valence-electron chi connectivity index (χ4n) is 6.67. The molecular weight excluding hydrogens is 560 g/mol. The minimum absolute atomic E-state index is 0.929. The lowest BCUT2D eigenvalue weighted by atomic mass is 9.91. The Morgan fingerprint density at radius 2 is 0.913 bits per heavy atom. The van der Waals surface area contributed by atoms with Crippen LogP contribution in [0.15, 0.2) is 158 Å². The third-order valence-corrected chi connectivity index (χ3v) is 8.77. The Kier molecular flexibility index (Phi) is 6.10. The van der Waals surface area contributed by atoms with Crippen LogP contribution in [0.1, 0.15) is 0 Å². The summed E-state index contributed by atoms with van der Waals surface area (Å²) in [5.41, 5.74) is 10.2. The van der Waals surface area contributed by atoms with Crippen molar-refractivity contribution in [2.45, 2.75) is 0 Å². The Bertz CT molecular complexity index is 2500. The summed E-state index contributed by atoms with van der Waals surface area (Å²) in [5.74, 6) is 0. The van der Waals surface area contributed by atoms with Gasteiger partial charge in [0.2, 0.25) is 0 Å². The molecule has 0 atom stereocenters. The first-order valence-corrected chi connectivity index (χ1v) is 15.4. The standard InChI is InChI=1S/C42H26N4/c1-2-11-33-32(10-1)40-39(35-13-9-23-45-42(33)35)34-12-3-4-16-38(34)46-41(40)28-19-17-27(18-20-28)29-24-30(36-14-5-7-21-43-36)26-31(25-29)37-15-6-8-22-44-37/h1-26H. The van der Waals surface area contributed by atoms with Crippen LogP contribution in [0, 0.1) is 0 Å². The molecule has 4 heterocycles. The van der Waals surface area contributed by atoms with Gasteiger partial charge in [-0.1, -0.05) is 84.9 Å². The molecule has 0 saturated carbocycles. The van der Waals surface area contributed by atoms with Crippen molar-refractivity contribution in [1.29, 1.82) is 0 Å². The second-order valence-electron chi connectivity index (χ2n) is 11.5. The maximum atomic E-state index is 5.30. The van der Waals surface area contributed by atoms with E-state index in [1.165, 1.54) is 5.39 Å². The number of hydrogen-bond acceptors (Lipinski definition) is 4. The van der Waals surface area contributed by atoms with E-state index < -0.39 is 0 Å². The quantitative estimate of drug-likeness (QED) is 0.193. The van der Waals surface area contributed by atoms with E-state index in [9.17, 15) is 0 Å². The van der Waals surface area contributed by atoms with Crippen LogP contribution < -0.4 is 0 Å². The number of aromatic nitrogens is 4. The van der Waals surface area contributed by atoms with Gasteiger partial charge < -0.3 is 0 Å². The molecule has 9 aromatic rings. The smallest absolute Gasteiger partial charge is 0.0794 e. The molecule has 0 aliphatic heterocycles. The molecule has 214 valence electrons. The lowest BCUT2D eigenvalue weighted by molar-refractivity contribution is 1.31. The third kappa shape index (κ3) is 4.31. The summed E-state index contributed by atoms with van der Waals surface area (Å²) in [4.78, 5) is 19.4. The van der Waals surface area contributed by atoms with Crippen LogP contribution in [-0.2, 0) is 0 Å². The second-order valence-corrected chi connectivity index (χ2v) is 11.5. The minimum Gasteiger partial charge on any atom is -0.256 e. The van der Waals surface area contributed by atoms with Crippen molar-refractivity contribution in [2.24, 2.45) is 0 Å². The lowest BCUT2D eigenvalue weighted by Gasteiger charge is -2.16. The molecule has 0 saturated heterocycles. The zero-order valence-corrected chi connectivity index (χ0v) is 24.8. The van der Waals surface area contributed by atoms with E-state index in [0.29, 0.717) is 0 Å². The van der Waals surface area contributed by atoms with Crippen molar-refractivity contribution in [3.8, 4) is 44.9 Å². The van der Waals surface area contributed by atoms with Crippen LogP contribution in [0.4, 0.5) is 0 Å². The van der Waals surface area contributed by atoms with Gasteiger partial charge in [0.15, 0.2) is 0 Å². The van der Waals surface area contributed by atoms with E-state index in [0.717, 1.165) is 82.9 Å². The number of hydrogen-bond donors (Lipinski definition) is 0. The van der Waals surface area contributed by atoms with Gasteiger partial charge in [-0.3, -0.25) is 15.0 Å². The van der Waals surface area contributed by atoms with Crippen molar-refractivity contribution < 1.29 is 0 Å². The Labute approximate surface area is 265 Å². The second kappa shape index (κ2) is 10.7. The van der Waals surface area contributed by atoms with Crippen molar-refractivity contribution in [3.05, 3.63) is 158 Å². The summed E-state index contributed by atoms with van der Waals surface area (Å²) in [6, 6.07) is 48.6. The van der Waals surface area contributed by atoms with Crippen LogP contribution in [0.2, 0.25) is 0 Å². The highest BCUT2D eigenvalue weighted by atomic mass is 14.7. The number of rotatable bonds is 4. The molecule has 4 aromatic heterocycles.